The lowest BCUT2D eigenvalue weighted by atomic mass is 9.93. The number of amides is 1. The fourth-order valence-corrected chi connectivity index (χ4v) is 4.86. The molecule has 0 bridgehead atoms. The molecule has 0 unspecified atom stereocenters. The van der Waals surface area contributed by atoms with Crippen molar-refractivity contribution in [3.05, 3.63) is 108 Å². The first kappa shape index (κ1) is 21.0. The summed E-state index contributed by atoms with van der Waals surface area (Å²) in [6.07, 6.45) is 0.653. The fourth-order valence-electron chi connectivity index (χ4n) is 4.86. The van der Waals surface area contributed by atoms with Crippen molar-refractivity contribution in [2.45, 2.75) is 24.8 Å². The second-order valence-electron chi connectivity index (χ2n) is 8.46. The van der Waals surface area contributed by atoms with Crippen LogP contribution in [0.2, 0.25) is 0 Å². The van der Waals surface area contributed by atoms with E-state index in [4.69, 9.17) is 4.74 Å². The largest absolute Gasteiger partial charge is 0.467 e. The van der Waals surface area contributed by atoms with Crippen LogP contribution in [0.5, 0.6) is 0 Å². The van der Waals surface area contributed by atoms with Crippen molar-refractivity contribution in [1.29, 1.82) is 0 Å². The molecule has 33 heavy (non-hydrogen) atoms. The third kappa shape index (κ3) is 4.12. The minimum atomic E-state index is -0.740. The maximum atomic E-state index is 13.1. The Balaban J connectivity index is 1.36. The van der Waals surface area contributed by atoms with E-state index in [-0.39, 0.29) is 18.2 Å². The zero-order valence-electron chi connectivity index (χ0n) is 18.5. The Morgan fingerprint density at radius 3 is 2.09 bits per heavy atom. The quantitative estimate of drug-likeness (QED) is 0.421. The van der Waals surface area contributed by atoms with E-state index in [1.54, 1.807) is 0 Å². The first-order valence-corrected chi connectivity index (χ1v) is 11.2. The Labute approximate surface area is 193 Å². The Kier molecular flexibility index (Phi) is 5.66. The summed E-state index contributed by atoms with van der Waals surface area (Å²) in [7, 11) is 1.35. The van der Waals surface area contributed by atoms with E-state index < -0.39 is 12.0 Å². The third-order valence-corrected chi connectivity index (χ3v) is 6.43. The van der Waals surface area contributed by atoms with Crippen molar-refractivity contribution in [2.24, 2.45) is 0 Å². The van der Waals surface area contributed by atoms with Gasteiger partial charge in [-0.2, -0.15) is 0 Å². The number of ether oxygens (including phenoxy) is 1. The van der Waals surface area contributed by atoms with Gasteiger partial charge in [0.15, 0.2) is 0 Å². The molecule has 5 rings (SSSR count). The van der Waals surface area contributed by atoms with E-state index >= 15 is 0 Å². The van der Waals surface area contributed by atoms with Crippen molar-refractivity contribution < 1.29 is 14.3 Å². The molecule has 164 valence electrons. The van der Waals surface area contributed by atoms with Gasteiger partial charge < -0.3 is 10.1 Å². The normalized spacial score (nSPS) is 13.2. The Hall–Kier alpha value is -3.92. The van der Waals surface area contributed by atoms with Crippen LogP contribution in [0.3, 0.4) is 0 Å². The van der Waals surface area contributed by atoms with E-state index in [1.807, 2.05) is 54.6 Å². The summed E-state index contributed by atoms with van der Waals surface area (Å²) < 4.78 is 5.00. The van der Waals surface area contributed by atoms with Gasteiger partial charge in [0, 0.05) is 18.8 Å². The van der Waals surface area contributed by atoms with Crippen LogP contribution < -0.4 is 5.32 Å². The summed E-state index contributed by atoms with van der Waals surface area (Å²) in [5.74, 6) is -0.636. The van der Waals surface area contributed by atoms with Gasteiger partial charge in [-0.3, -0.25) is 4.79 Å². The minimum Gasteiger partial charge on any atom is -0.467 e. The smallest absolute Gasteiger partial charge is 0.328 e. The molecule has 4 heteroatoms. The number of methoxy groups -OCH3 is 1. The van der Waals surface area contributed by atoms with Gasteiger partial charge in [0.05, 0.1) is 7.11 Å². The van der Waals surface area contributed by atoms with E-state index in [2.05, 4.69) is 41.7 Å². The molecule has 0 aliphatic heterocycles. The molecule has 1 aliphatic carbocycles. The molecule has 0 radical (unpaired) electrons. The maximum Gasteiger partial charge on any atom is 0.328 e. The predicted octanol–water partition coefficient (Wildman–Crippen LogP) is 5.24. The molecule has 0 spiro atoms. The SMILES string of the molecule is COC(=O)[C@@H](Cc1ccc2ccccc2c1)NC(=O)CC1c2ccccc2-c2ccccc21. The zero-order valence-corrected chi connectivity index (χ0v) is 18.5. The second kappa shape index (κ2) is 8.91. The first-order valence-electron chi connectivity index (χ1n) is 11.2. The lowest BCUT2D eigenvalue weighted by Crippen LogP contribution is -2.43. The predicted molar refractivity (Wildman–Crippen MR) is 130 cm³/mol. The van der Waals surface area contributed by atoms with Crippen LogP contribution in [0.15, 0.2) is 91.0 Å². The highest BCUT2D eigenvalue weighted by Gasteiger charge is 2.31. The van der Waals surface area contributed by atoms with Crippen LogP contribution in [0.25, 0.3) is 21.9 Å². The molecule has 0 saturated heterocycles. The number of nitrogens with one attached hydrogen (secondary N) is 1. The molecule has 0 aromatic heterocycles. The Bertz CT molecular complexity index is 1300. The Morgan fingerprint density at radius 1 is 0.818 bits per heavy atom. The molecule has 4 nitrogen and oxygen atoms in total. The Morgan fingerprint density at radius 2 is 1.42 bits per heavy atom. The van der Waals surface area contributed by atoms with E-state index in [1.165, 1.54) is 18.2 Å². The topological polar surface area (TPSA) is 55.4 Å². The molecule has 1 N–H and O–H groups in total. The van der Waals surface area contributed by atoms with Crippen molar-refractivity contribution in [3.8, 4) is 11.1 Å². The van der Waals surface area contributed by atoms with Crippen molar-refractivity contribution in [2.75, 3.05) is 7.11 Å². The lowest BCUT2D eigenvalue weighted by molar-refractivity contribution is -0.145. The van der Waals surface area contributed by atoms with Crippen LogP contribution in [0.4, 0.5) is 0 Å². The number of hydrogen-bond acceptors (Lipinski definition) is 3. The van der Waals surface area contributed by atoms with Gasteiger partial charge in [-0.15, -0.1) is 0 Å². The van der Waals surface area contributed by atoms with Gasteiger partial charge in [-0.1, -0.05) is 91.0 Å². The number of esters is 1. The summed E-state index contributed by atoms with van der Waals surface area (Å²) >= 11 is 0. The number of carbonyl (C=O) groups excluding carboxylic acids is 2. The molecule has 1 amide bonds. The molecule has 1 aliphatic rings. The lowest BCUT2D eigenvalue weighted by Gasteiger charge is -2.19. The van der Waals surface area contributed by atoms with Crippen molar-refractivity contribution in [3.63, 3.8) is 0 Å². The third-order valence-electron chi connectivity index (χ3n) is 6.43. The highest BCUT2D eigenvalue weighted by Crippen LogP contribution is 2.45. The summed E-state index contributed by atoms with van der Waals surface area (Å²) in [6.45, 7) is 0. The number of hydrogen-bond donors (Lipinski definition) is 1. The van der Waals surface area contributed by atoms with Crippen molar-refractivity contribution in [1.82, 2.24) is 5.32 Å². The first-order chi connectivity index (χ1) is 16.1. The number of rotatable bonds is 6. The summed E-state index contributed by atoms with van der Waals surface area (Å²) in [5, 5.41) is 5.18. The monoisotopic (exact) mass is 435 g/mol. The summed E-state index contributed by atoms with van der Waals surface area (Å²) in [4.78, 5) is 25.6. The zero-order chi connectivity index (χ0) is 22.8. The average molecular weight is 436 g/mol. The van der Waals surface area contributed by atoms with Gasteiger partial charge in [0.2, 0.25) is 5.91 Å². The second-order valence-corrected chi connectivity index (χ2v) is 8.46. The maximum absolute atomic E-state index is 13.1. The highest BCUT2D eigenvalue weighted by atomic mass is 16.5. The van der Waals surface area contributed by atoms with Crippen LogP contribution >= 0.6 is 0 Å². The molecule has 0 fully saturated rings. The average Bonchev–Trinajstić information content (AvgIpc) is 3.16. The number of fused-ring (bicyclic) bond motifs is 4. The van der Waals surface area contributed by atoms with Crippen LogP contribution in [-0.2, 0) is 20.7 Å². The molecule has 4 aromatic rings. The van der Waals surface area contributed by atoms with E-state index in [0.29, 0.717) is 6.42 Å². The fraction of sp³-hybridized carbons (Fsp3) is 0.172. The summed E-state index contributed by atoms with van der Waals surface area (Å²) in [5.41, 5.74) is 5.62. The molecule has 1 atom stereocenters. The standard InChI is InChI=1S/C29H25NO3/c1-33-29(32)27(17-19-14-15-20-8-2-3-9-21(20)16-19)30-28(31)18-26-24-12-6-4-10-22(24)23-11-5-7-13-25(23)26/h2-16,26-27H,17-18H2,1H3,(H,30,31)/t27-/m1/s1. The molecule has 0 heterocycles. The van der Waals surface area contributed by atoms with Gasteiger partial charge in [0.25, 0.3) is 0 Å². The molecule has 4 aromatic carbocycles. The van der Waals surface area contributed by atoms with Gasteiger partial charge in [0.1, 0.15) is 6.04 Å². The molecular weight excluding hydrogens is 410 g/mol. The van der Waals surface area contributed by atoms with Gasteiger partial charge >= 0.3 is 5.97 Å². The van der Waals surface area contributed by atoms with Crippen LogP contribution in [-0.4, -0.2) is 25.0 Å². The van der Waals surface area contributed by atoms with E-state index in [0.717, 1.165) is 27.5 Å². The van der Waals surface area contributed by atoms with Crippen LogP contribution in [0, 0.1) is 0 Å². The van der Waals surface area contributed by atoms with Crippen molar-refractivity contribution >= 4 is 22.6 Å². The number of carbonyl (C=O) groups is 2. The van der Waals surface area contributed by atoms with Gasteiger partial charge in [-0.05, 0) is 38.6 Å². The van der Waals surface area contributed by atoms with Crippen LogP contribution in [0.1, 0.15) is 29.0 Å². The number of benzene rings is 4. The highest BCUT2D eigenvalue weighted by molar-refractivity contribution is 5.88. The summed E-state index contributed by atoms with van der Waals surface area (Å²) in [6, 6.07) is 29.9. The van der Waals surface area contributed by atoms with E-state index in [9.17, 15) is 9.59 Å². The minimum absolute atomic E-state index is 0.0311. The van der Waals surface area contributed by atoms with Gasteiger partial charge in [-0.25, -0.2) is 4.79 Å². The molecule has 0 saturated carbocycles. The molecular formula is C29H25NO3.